The van der Waals surface area contributed by atoms with E-state index in [2.05, 4.69) is 138 Å². The molecule has 220 valence electrons. The summed E-state index contributed by atoms with van der Waals surface area (Å²) in [6, 6.07) is 58.8. The van der Waals surface area contributed by atoms with Gasteiger partial charge in [-0.25, -0.2) is 15.0 Å². The van der Waals surface area contributed by atoms with Crippen molar-refractivity contribution in [2.45, 2.75) is 0 Å². The molecule has 0 saturated heterocycles. The van der Waals surface area contributed by atoms with E-state index in [9.17, 15) is 0 Å². The summed E-state index contributed by atoms with van der Waals surface area (Å²) in [5, 5.41) is 3.54. The van der Waals surface area contributed by atoms with Crippen molar-refractivity contribution in [3.63, 3.8) is 0 Å². The average molecular weight is 601 g/mol. The smallest absolute Gasteiger partial charge is 0.160 e. The molecule has 9 rings (SSSR count). The standard InChI is InChI=1S/C43H28N4/c1-4-15-29(16-5-1)37-28-38(30-17-6-2-7-18-30)46-43(45-37)32-20-14-19-31(27-32)41-42-40(34-23-10-12-25-36(34)44-41)35-24-11-13-26-39(35)47(42)33-21-8-3-9-22-33/h1-28H. The van der Waals surface area contributed by atoms with Crippen LogP contribution in [-0.2, 0) is 0 Å². The van der Waals surface area contributed by atoms with Crippen LogP contribution >= 0.6 is 0 Å². The second-order valence-electron chi connectivity index (χ2n) is 11.7. The first-order valence-corrected chi connectivity index (χ1v) is 15.8. The first kappa shape index (κ1) is 27.0. The summed E-state index contributed by atoms with van der Waals surface area (Å²) >= 11 is 0. The largest absolute Gasteiger partial charge is 0.307 e. The molecule has 0 unspecified atom stereocenters. The quantitative estimate of drug-likeness (QED) is 0.197. The van der Waals surface area contributed by atoms with Crippen LogP contribution in [0.4, 0.5) is 0 Å². The van der Waals surface area contributed by atoms with Crippen LogP contribution in [0.15, 0.2) is 170 Å². The van der Waals surface area contributed by atoms with Crippen molar-refractivity contribution in [2.75, 3.05) is 0 Å². The lowest BCUT2D eigenvalue weighted by molar-refractivity contribution is 1.17. The Morgan fingerprint density at radius 2 is 0.957 bits per heavy atom. The fourth-order valence-electron chi connectivity index (χ4n) is 6.63. The zero-order valence-corrected chi connectivity index (χ0v) is 25.5. The molecule has 6 aromatic carbocycles. The summed E-state index contributed by atoms with van der Waals surface area (Å²) in [4.78, 5) is 15.6. The van der Waals surface area contributed by atoms with E-state index < -0.39 is 0 Å². The normalized spacial score (nSPS) is 11.4. The van der Waals surface area contributed by atoms with Crippen LogP contribution < -0.4 is 0 Å². The highest BCUT2D eigenvalue weighted by Gasteiger charge is 2.21. The fourth-order valence-corrected chi connectivity index (χ4v) is 6.63. The topological polar surface area (TPSA) is 43.6 Å². The van der Waals surface area contributed by atoms with E-state index in [1.807, 2.05) is 36.4 Å². The molecule has 0 amide bonds. The first-order valence-electron chi connectivity index (χ1n) is 15.8. The van der Waals surface area contributed by atoms with Crippen molar-refractivity contribution >= 4 is 32.7 Å². The summed E-state index contributed by atoms with van der Waals surface area (Å²) in [7, 11) is 0. The minimum Gasteiger partial charge on any atom is -0.307 e. The lowest BCUT2D eigenvalue weighted by Gasteiger charge is -2.14. The number of aromatic nitrogens is 4. The van der Waals surface area contributed by atoms with Gasteiger partial charge in [0.15, 0.2) is 5.82 Å². The van der Waals surface area contributed by atoms with Gasteiger partial charge in [-0.05, 0) is 36.4 Å². The van der Waals surface area contributed by atoms with Gasteiger partial charge in [0.2, 0.25) is 0 Å². The Morgan fingerprint density at radius 1 is 0.404 bits per heavy atom. The molecule has 0 fully saturated rings. The Bertz CT molecular complexity index is 2500. The molecule has 3 aromatic heterocycles. The van der Waals surface area contributed by atoms with Crippen molar-refractivity contribution in [3.05, 3.63) is 170 Å². The van der Waals surface area contributed by atoms with Gasteiger partial charge in [-0.15, -0.1) is 0 Å². The molecule has 0 aliphatic heterocycles. The van der Waals surface area contributed by atoms with E-state index in [1.165, 1.54) is 10.8 Å². The maximum Gasteiger partial charge on any atom is 0.160 e. The van der Waals surface area contributed by atoms with Crippen molar-refractivity contribution in [3.8, 4) is 50.8 Å². The maximum absolute atomic E-state index is 5.36. The highest BCUT2D eigenvalue weighted by molar-refractivity contribution is 6.23. The van der Waals surface area contributed by atoms with Gasteiger partial charge in [0.25, 0.3) is 0 Å². The van der Waals surface area contributed by atoms with E-state index in [-0.39, 0.29) is 0 Å². The Balaban J connectivity index is 1.32. The zero-order chi connectivity index (χ0) is 31.2. The predicted octanol–water partition coefficient (Wildman–Crippen LogP) is 10.8. The lowest BCUT2D eigenvalue weighted by atomic mass is 10.0. The average Bonchev–Trinajstić information content (AvgIpc) is 3.51. The number of pyridine rings is 1. The minimum atomic E-state index is 0.674. The van der Waals surface area contributed by atoms with E-state index in [4.69, 9.17) is 15.0 Å². The third-order valence-corrected chi connectivity index (χ3v) is 8.78. The molecule has 0 radical (unpaired) electrons. The number of nitrogens with zero attached hydrogens (tertiary/aromatic N) is 4. The lowest BCUT2D eigenvalue weighted by Crippen LogP contribution is -1.98. The van der Waals surface area contributed by atoms with Gasteiger partial charge in [0.1, 0.15) is 0 Å². The zero-order valence-electron chi connectivity index (χ0n) is 25.5. The minimum absolute atomic E-state index is 0.674. The SMILES string of the molecule is c1ccc(-c2cc(-c3ccccc3)nc(-c3cccc(-c4nc5ccccc5c5c6ccccc6n(-c6ccccc6)c45)c3)n2)cc1. The summed E-state index contributed by atoms with van der Waals surface area (Å²) < 4.78 is 2.35. The molecule has 0 aliphatic rings. The Kier molecular flexibility index (Phi) is 6.43. The molecular weight excluding hydrogens is 573 g/mol. The molecule has 4 heteroatoms. The molecule has 47 heavy (non-hydrogen) atoms. The Morgan fingerprint density at radius 3 is 1.66 bits per heavy atom. The van der Waals surface area contributed by atoms with Crippen LogP contribution in [0.3, 0.4) is 0 Å². The van der Waals surface area contributed by atoms with Gasteiger partial charge < -0.3 is 4.57 Å². The van der Waals surface area contributed by atoms with Gasteiger partial charge in [-0.1, -0.05) is 133 Å². The van der Waals surface area contributed by atoms with Gasteiger partial charge in [-0.2, -0.15) is 0 Å². The van der Waals surface area contributed by atoms with Crippen molar-refractivity contribution < 1.29 is 0 Å². The van der Waals surface area contributed by atoms with Crippen LogP contribution in [0, 0.1) is 0 Å². The van der Waals surface area contributed by atoms with Gasteiger partial charge in [-0.3, -0.25) is 0 Å². The van der Waals surface area contributed by atoms with Crippen LogP contribution in [0.1, 0.15) is 0 Å². The van der Waals surface area contributed by atoms with E-state index in [0.29, 0.717) is 5.82 Å². The monoisotopic (exact) mass is 600 g/mol. The number of para-hydroxylation sites is 3. The third kappa shape index (κ3) is 4.66. The van der Waals surface area contributed by atoms with E-state index in [0.717, 1.165) is 67.0 Å². The molecule has 3 heterocycles. The predicted molar refractivity (Wildman–Crippen MR) is 193 cm³/mol. The molecule has 0 aliphatic carbocycles. The van der Waals surface area contributed by atoms with E-state index in [1.54, 1.807) is 0 Å². The van der Waals surface area contributed by atoms with Crippen molar-refractivity contribution in [1.29, 1.82) is 0 Å². The number of fused-ring (bicyclic) bond motifs is 5. The highest BCUT2D eigenvalue weighted by Crippen LogP contribution is 2.41. The molecule has 0 bridgehead atoms. The molecule has 4 nitrogen and oxygen atoms in total. The Hall–Kier alpha value is -6.39. The van der Waals surface area contributed by atoms with Crippen LogP contribution in [0.5, 0.6) is 0 Å². The van der Waals surface area contributed by atoms with Gasteiger partial charge in [0, 0.05) is 44.1 Å². The van der Waals surface area contributed by atoms with Crippen molar-refractivity contribution in [1.82, 2.24) is 19.5 Å². The number of rotatable bonds is 5. The first-order chi connectivity index (χ1) is 23.3. The van der Waals surface area contributed by atoms with Crippen molar-refractivity contribution in [2.24, 2.45) is 0 Å². The molecular formula is C43H28N4. The third-order valence-electron chi connectivity index (χ3n) is 8.78. The van der Waals surface area contributed by atoms with Gasteiger partial charge >= 0.3 is 0 Å². The van der Waals surface area contributed by atoms with Crippen LogP contribution in [-0.4, -0.2) is 19.5 Å². The molecule has 9 aromatic rings. The number of benzene rings is 6. The summed E-state index contributed by atoms with van der Waals surface area (Å²) in [6.45, 7) is 0. The number of hydrogen-bond acceptors (Lipinski definition) is 3. The van der Waals surface area contributed by atoms with Gasteiger partial charge in [0.05, 0.1) is 33.6 Å². The maximum atomic E-state index is 5.36. The molecule has 0 atom stereocenters. The fraction of sp³-hybridized carbons (Fsp3) is 0. The second kappa shape index (κ2) is 11.2. The second-order valence-corrected chi connectivity index (χ2v) is 11.7. The van der Waals surface area contributed by atoms with E-state index >= 15 is 0 Å². The highest BCUT2D eigenvalue weighted by atomic mass is 15.0. The van der Waals surface area contributed by atoms with Crippen LogP contribution in [0.25, 0.3) is 83.6 Å². The molecule has 0 saturated carbocycles. The molecule has 0 spiro atoms. The molecule has 0 N–H and O–H groups in total. The number of hydrogen-bond donors (Lipinski definition) is 0. The van der Waals surface area contributed by atoms with Crippen LogP contribution in [0.2, 0.25) is 0 Å². The summed E-state index contributed by atoms with van der Waals surface area (Å²) in [6.07, 6.45) is 0. The summed E-state index contributed by atoms with van der Waals surface area (Å²) in [5.74, 6) is 0.674. The Labute approximate surface area is 272 Å². The summed E-state index contributed by atoms with van der Waals surface area (Å²) in [5.41, 5.74) is 11.0.